The zero-order chi connectivity index (χ0) is 66.0. The number of carboxylic acids is 1. The average molecular weight is 1270 g/mol. The maximum absolute atomic E-state index is 13.8. The van der Waals surface area contributed by atoms with Gasteiger partial charge in [0.25, 0.3) is 0 Å². The van der Waals surface area contributed by atoms with Crippen molar-refractivity contribution in [2.45, 2.75) is 165 Å². The second kappa shape index (κ2) is 37.2. The number of carboxylic acid groups (broad SMARTS) is 1. The van der Waals surface area contributed by atoms with Crippen molar-refractivity contribution in [3.63, 3.8) is 0 Å². The fourth-order valence-corrected chi connectivity index (χ4v) is 8.60. The molecule has 14 atom stereocenters. The van der Waals surface area contributed by atoms with Crippen LogP contribution in [0, 0.1) is 11.8 Å². The Bertz CT molecular complexity index is 2460. The number of nitrogens with one attached hydrogen (secondary N) is 11. The van der Waals surface area contributed by atoms with Crippen molar-refractivity contribution in [1.82, 2.24) is 63.4 Å². The predicted octanol–water partition coefficient (Wildman–Crippen LogP) is -10.6. The molecule has 1 saturated heterocycles. The third-order valence-electron chi connectivity index (χ3n) is 13.0. The van der Waals surface area contributed by atoms with E-state index < -0.39 is 230 Å². The Morgan fingerprint density at radius 1 is 0.512 bits per heavy atom. The number of rotatable bonds is 37. The van der Waals surface area contributed by atoms with Crippen molar-refractivity contribution in [1.29, 1.82) is 0 Å². The maximum atomic E-state index is 13.8. The summed E-state index contributed by atoms with van der Waals surface area (Å²) in [6, 6.07) is -18.1. The molecular formula is C49H83N15O20S2. The van der Waals surface area contributed by atoms with Gasteiger partial charge >= 0.3 is 5.97 Å². The van der Waals surface area contributed by atoms with Gasteiger partial charge in [-0.1, -0.05) is 27.7 Å². The first-order valence-electron chi connectivity index (χ1n) is 27.0. The van der Waals surface area contributed by atoms with Gasteiger partial charge in [0.2, 0.25) is 82.7 Å². The van der Waals surface area contributed by atoms with Crippen LogP contribution in [0.1, 0.15) is 80.6 Å². The second-order valence-corrected chi connectivity index (χ2v) is 21.5. The lowest BCUT2D eigenvalue weighted by Crippen LogP contribution is -2.63. The van der Waals surface area contributed by atoms with Gasteiger partial charge < -0.3 is 106 Å². The molecule has 0 bridgehead atoms. The number of hydrogen-bond acceptors (Lipinski definition) is 22. The number of hydrogen-bond donors (Lipinski definition) is 21. The Balaban J connectivity index is 3.23. The van der Waals surface area contributed by atoms with Crippen LogP contribution in [-0.4, -0.2) is 242 Å². The number of nitrogens with zero attached hydrogens (tertiary/aromatic N) is 1. The third kappa shape index (κ3) is 24.9. The number of carbonyl (C=O) groups excluding carboxylic acids is 14. The van der Waals surface area contributed by atoms with Gasteiger partial charge in [0.05, 0.1) is 44.4 Å². The summed E-state index contributed by atoms with van der Waals surface area (Å²) in [6.07, 6.45) is -6.20. The van der Waals surface area contributed by atoms with Crippen LogP contribution >= 0.6 is 25.3 Å². The minimum absolute atomic E-state index is 0.0528. The molecule has 0 aromatic rings. The molecule has 0 saturated carbocycles. The highest BCUT2D eigenvalue weighted by Gasteiger charge is 2.40. The number of primary amides is 2. The third-order valence-corrected chi connectivity index (χ3v) is 13.7. The smallest absolute Gasteiger partial charge is 0.327 e. The molecule has 1 heterocycles. The minimum Gasteiger partial charge on any atom is -0.480 e. The molecule has 0 spiro atoms. The Kier molecular flexibility index (Phi) is 33.1. The number of aliphatic hydroxyl groups excluding tert-OH is 4. The fraction of sp³-hybridized carbons (Fsp3) is 0.694. The molecule has 22 N–H and O–H groups in total. The number of nitrogens with two attached hydrogens (primary N) is 3. The lowest BCUT2D eigenvalue weighted by atomic mass is 10.0. The van der Waals surface area contributed by atoms with Crippen LogP contribution in [0.3, 0.4) is 0 Å². The van der Waals surface area contributed by atoms with E-state index in [0.29, 0.717) is 6.42 Å². The monoisotopic (exact) mass is 1270 g/mol. The molecular weight excluding hydrogens is 1180 g/mol. The zero-order valence-corrected chi connectivity index (χ0v) is 50.2. The van der Waals surface area contributed by atoms with Crippen LogP contribution in [0.4, 0.5) is 0 Å². The van der Waals surface area contributed by atoms with Gasteiger partial charge in [-0.2, -0.15) is 25.3 Å². The SMILES string of the molecule is CC(C)[C@H](NC(=O)[C@H](CC(N)=O)NC(=O)[C@@H](NC(=O)[C@H](CS)NC(=O)[C@@H]1CCCN1C(=O)CNC(=O)[C@@H](NC(=O)CN)[C@@H](C)O)[C@@H](C)O)C(=O)N[C@@H](CO)C(=O)N[C@H](C(=O)N[C@H](C(=O)N[C@@H](CCC(N)=O)C(=O)N[C@@H](CS)C(=O)O)C(C)C)[C@@H](C)O. The summed E-state index contributed by atoms with van der Waals surface area (Å²) < 4.78 is 0. The number of amides is 14. The molecule has 35 nitrogen and oxygen atoms in total. The summed E-state index contributed by atoms with van der Waals surface area (Å²) in [5.41, 5.74) is 15.9. The molecule has 0 aromatic carbocycles. The highest BCUT2D eigenvalue weighted by Crippen LogP contribution is 2.18. The first kappa shape index (κ1) is 76.6. The van der Waals surface area contributed by atoms with Gasteiger partial charge in [0.15, 0.2) is 0 Å². The number of aliphatic carboxylic acids is 1. The zero-order valence-electron chi connectivity index (χ0n) is 48.4. The van der Waals surface area contributed by atoms with Crippen LogP contribution < -0.4 is 75.7 Å². The molecule has 37 heteroatoms. The van der Waals surface area contributed by atoms with E-state index in [2.05, 4.69) is 83.7 Å². The Labute approximate surface area is 505 Å². The van der Waals surface area contributed by atoms with Crippen LogP contribution in [0.2, 0.25) is 0 Å². The Morgan fingerprint density at radius 2 is 0.919 bits per heavy atom. The topological polar surface area (TPSA) is 571 Å². The van der Waals surface area contributed by atoms with Crippen molar-refractivity contribution in [3.8, 4) is 0 Å². The lowest BCUT2D eigenvalue weighted by Gasteiger charge is -2.30. The number of aliphatic hydroxyl groups is 4. The number of thiol groups is 2. The highest BCUT2D eigenvalue weighted by atomic mass is 32.1. The number of carbonyl (C=O) groups is 15. The van der Waals surface area contributed by atoms with E-state index in [1.165, 1.54) is 34.6 Å². The van der Waals surface area contributed by atoms with Crippen LogP contribution in [0.5, 0.6) is 0 Å². The van der Waals surface area contributed by atoms with E-state index in [4.69, 9.17) is 17.2 Å². The van der Waals surface area contributed by atoms with E-state index in [1.807, 2.05) is 0 Å². The molecule has 0 radical (unpaired) electrons. The Hall–Kier alpha value is -7.45. The van der Waals surface area contributed by atoms with Gasteiger partial charge in [0, 0.05) is 24.5 Å². The molecule has 0 aromatic heterocycles. The normalized spacial score (nSPS) is 17.5. The first-order valence-corrected chi connectivity index (χ1v) is 28.3. The van der Waals surface area contributed by atoms with Crippen LogP contribution in [0.25, 0.3) is 0 Å². The summed E-state index contributed by atoms with van der Waals surface area (Å²) in [6.45, 7) is 6.85. The van der Waals surface area contributed by atoms with Gasteiger partial charge in [-0.25, -0.2) is 4.79 Å². The number of likely N-dealkylation sites (tertiary alicyclic amines) is 1. The Morgan fingerprint density at radius 3 is 1.36 bits per heavy atom. The van der Waals surface area contributed by atoms with Crippen molar-refractivity contribution in [2.75, 3.05) is 37.7 Å². The van der Waals surface area contributed by atoms with Crippen molar-refractivity contribution in [2.24, 2.45) is 29.0 Å². The largest absolute Gasteiger partial charge is 0.480 e. The molecule has 1 fully saturated rings. The quantitative estimate of drug-likeness (QED) is 0.0257. The van der Waals surface area contributed by atoms with E-state index >= 15 is 0 Å². The van der Waals surface area contributed by atoms with Crippen molar-refractivity contribution >= 4 is 114 Å². The molecule has 1 rings (SSSR count). The second-order valence-electron chi connectivity index (χ2n) is 20.7. The molecule has 1 aliphatic rings. The van der Waals surface area contributed by atoms with Gasteiger partial charge in [0.1, 0.15) is 66.5 Å². The van der Waals surface area contributed by atoms with E-state index in [9.17, 15) is 97.5 Å². The van der Waals surface area contributed by atoms with Crippen LogP contribution in [-0.2, 0) is 71.9 Å². The summed E-state index contributed by atoms with van der Waals surface area (Å²) in [5.74, 6) is -18.5. The summed E-state index contributed by atoms with van der Waals surface area (Å²) in [7, 11) is 0. The molecule has 14 amide bonds. The molecule has 0 aliphatic carbocycles. The lowest BCUT2D eigenvalue weighted by molar-refractivity contribution is -0.142. The predicted molar refractivity (Wildman–Crippen MR) is 305 cm³/mol. The first-order chi connectivity index (χ1) is 40.1. The molecule has 1 aliphatic heterocycles. The van der Waals surface area contributed by atoms with Gasteiger partial charge in [-0.05, 0) is 51.9 Å². The standard InChI is InChI=1S/C49H83N15O20S2/c1-19(2)34(46(80)56-26(16-65)41(75)62-38(23(7)68)48(82)61-35(20(3)4)45(79)54-24(10-11-30(51)69)39(73)58-28(18-86)49(83)84)60-40(74)25(13-31(52)70)55-47(81)37(22(6)67)63-42(76)27(17-85)57-43(77)29-9-8-12-64(29)33(72)15-53-44(78)36(21(5)66)59-32(71)14-50/h19-29,34-38,65-68,85-86H,8-18,50H2,1-7H3,(H2,51,69)(H2,52,70)(H,53,78)(H,54,79)(H,55,81)(H,56,80)(H,57,77)(H,58,73)(H,59,71)(H,60,74)(H,61,82)(H,62,75)(H,63,76)(H,83,84)/t21-,22-,23-,24+,25+,26+,27+,28+,29+,34+,35+,36+,37+,38+/m1/s1. The summed E-state index contributed by atoms with van der Waals surface area (Å²) in [5, 5.41) is 75.6. The van der Waals surface area contributed by atoms with Gasteiger partial charge in [-0.3, -0.25) is 67.1 Å². The summed E-state index contributed by atoms with van der Waals surface area (Å²) in [4.78, 5) is 196. The van der Waals surface area contributed by atoms with E-state index in [0.717, 1.165) is 18.7 Å². The average Bonchev–Trinajstić information content (AvgIpc) is 3.42. The molecule has 86 heavy (non-hydrogen) atoms. The molecule has 486 valence electrons. The van der Waals surface area contributed by atoms with Crippen molar-refractivity contribution < 1.29 is 97.5 Å². The van der Waals surface area contributed by atoms with E-state index in [1.54, 1.807) is 0 Å². The summed E-state index contributed by atoms with van der Waals surface area (Å²) >= 11 is 8.01. The minimum atomic E-state index is -1.93. The van der Waals surface area contributed by atoms with Crippen LogP contribution in [0.15, 0.2) is 0 Å². The molecule has 0 unspecified atom stereocenters. The highest BCUT2D eigenvalue weighted by molar-refractivity contribution is 7.80. The van der Waals surface area contributed by atoms with E-state index in [-0.39, 0.29) is 18.7 Å². The fourth-order valence-electron chi connectivity index (χ4n) is 8.10. The van der Waals surface area contributed by atoms with Crippen molar-refractivity contribution in [3.05, 3.63) is 0 Å². The van der Waals surface area contributed by atoms with Gasteiger partial charge in [-0.15, -0.1) is 0 Å². The maximum Gasteiger partial charge on any atom is 0.327 e.